The lowest BCUT2D eigenvalue weighted by molar-refractivity contribution is 0.981. The van der Waals surface area contributed by atoms with Crippen molar-refractivity contribution in [3.63, 3.8) is 0 Å². The number of rotatable bonds is 1. The molecule has 3 nitrogen and oxygen atoms in total. The van der Waals surface area contributed by atoms with Crippen LogP contribution in [0.5, 0.6) is 0 Å². The van der Waals surface area contributed by atoms with Gasteiger partial charge < -0.3 is 4.40 Å². The van der Waals surface area contributed by atoms with E-state index in [0.29, 0.717) is 0 Å². The van der Waals surface area contributed by atoms with Gasteiger partial charge in [-0.3, -0.25) is 4.98 Å². The number of aryl methyl sites for hydroxylation is 2. The Kier molecular flexibility index (Phi) is 1.57. The first-order chi connectivity index (χ1) is 5.79. The summed E-state index contributed by atoms with van der Waals surface area (Å²) in [5.41, 5.74) is 3.05. The fourth-order valence-corrected chi connectivity index (χ4v) is 1.25. The van der Waals surface area contributed by atoms with E-state index in [0.717, 1.165) is 23.5 Å². The van der Waals surface area contributed by atoms with Crippen molar-refractivity contribution < 1.29 is 0 Å². The summed E-state index contributed by atoms with van der Waals surface area (Å²) in [4.78, 5) is 8.54. The van der Waals surface area contributed by atoms with Gasteiger partial charge in [0.05, 0.1) is 17.6 Å². The van der Waals surface area contributed by atoms with Crippen molar-refractivity contribution in [2.75, 3.05) is 0 Å². The topological polar surface area (TPSA) is 30.2 Å². The lowest BCUT2D eigenvalue weighted by Crippen LogP contribution is -1.91. The highest BCUT2D eigenvalue weighted by atomic mass is 15.0. The van der Waals surface area contributed by atoms with Gasteiger partial charge in [0.15, 0.2) is 5.65 Å². The molecule has 2 aromatic rings. The van der Waals surface area contributed by atoms with E-state index in [-0.39, 0.29) is 0 Å². The minimum absolute atomic E-state index is 0.921. The molecule has 0 amide bonds. The summed E-state index contributed by atoms with van der Waals surface area (Å²) in [6.45, 7) is 4.08. The molecular formula is C9H11N3. The molecule has 0 aliphatic heterocycles. The highest BCUT2D eigenvalue weighted by molar-refractivity contribution is 5.37. The number of hydrogen-bond donors (Lipinski definition) is 0. The van der Waals surface area contributed by atoms with Gasteiger partial charge in [-0.15, -0.1) is 0 Å². The van der Waals surface area contributed by atoms with Gasteiger partial charge in [0.25, 0.3) is 0 Å². The van der Waals surface area contributed by atoms with Crippen LogP contribution in [-0.2, 0) is 6.42 Å². The zero-order valence-corrected chi connectivity index (χ0v) is 7.28. The van der Waals surface area contributed by atoms with Gasteiger partial charge in [0.2, 0.25) is 0 Å². The molecule has 62 valence electrons. The van der Waals surface area contributed by atoms with Crippen LogP contribution in [-0.4, -0.2) is 14.4 Å². The maximum Gasteiger partial charge on any atom is 0.155 e. The van der Waals surface area contributed by atoms with Crippen LogP contribution in [0.2, 0.25) is 0 Å². The summed E-state index contributed by atoms with van der Waals surface area (Å²) in [6, 6.07) is 0. The Balaban J connectivity index is 2.66. The van der Waals surface area contributed by atoms with Crippen molar-refractivity contribution >= 4 is 5.65 Å². The average Bonchev–Trinajstić information content (AvgIpc) is 2.43. The van der Waals surface area contributed by atoms with Gasteiger partial charge >= 0.3 is 0 Å². The van der Waals surface area contributed by atoms with Crippen LogP contribution >= 0.6 is 0 Å². The number of nitrogens with zero attached hydrogens (tertiary/aromatic N) is 3. The van der Waals surface area contributed by atoms with E-state index in [2.05, 4.69) is 16.9 Å². The number of imidazole rings is 1. The maximum atomic E-state index is 4.29. The SMILES string of the molecule is CCc1cn2cc(C)nc2cn1. The highest BCUT2D eigenvalue weighted by Crippen LogP contribution is 2.04. The Hall–Kier alpha value is -1.38. The molecule has 0 aromatic carbocycles. The smallest absolute Gasteiger partial charge is 0.155 e. The first-order valence-corrected chi connectivity index (χ1v) is 4.10. The van der Waals surface area contributed by atoms with Crippen molar-refractivity contribution in [1.29, 1.82) is 0 Å². The van der Waals surface area contributed by atoms with Gasteiger partial charge in [0.1, 0.15) is 0 Å². The van der Waals surface area contributed by atoms with E-state index in [1.54, 1.807) is 0 Å². The summed E-state index contributed by atoms with van der Waals surface area (Å²) in [6.07, 6.45) is 6.81. The van der Waals surface area contributed by atoms with Crippen LogP contribution < -0.4 is 0 Å². The molecule has 0 aliphatic carbocycles. The molecule has 0 saturated carbocycles. The van der Waals surface area contributed by atoms with Gasteiger partial charge in [-0.05, 0) is 13.3 Å². The molecule has 0 fully saturated rings. The number of hydrogen-bond acceptors (Lipinski definition) is 2. The number of aromatic nitrogens is 3. The van der Waals surface area contributed by atoms with E-state index < -0.39 is 0 Å². The van der Waals surface area contributed by atoms with Crippen molar-refractivity contribution in [3.8, 4) is 0 Å². The van der Waals surface area contributed by atoms with Crippen LogP contribution in [0.15, 0.2) is 18.6 Å². The first kappa shape index (κ1) is 7.28. The molecule has 0 N–H and O–H groups in total. The van der Waals surface area contributed by atoms with E-state index in [1.165, 1.54) is 0 Å². The third-order valence-electron chi connectivity index (χ3n) is 1.88. The van der Waals surface area contributed by atoms with Gasteiger partial charge in [-0.25, -0.2) is 4.98 Å². The van der Waals surface area contributed by atoms with Crippen LogP contribution in [0.1, 0.15) is 18.3 Å². The molecule has 0 radical (unpaired) electrons. The van der Waals surface area contributed by atoms with E-state index in [1.807, 2.05) is 29.9 Å². The van der Waals surface area contributed by atoms with Crippen LogP contribution in [0.4, 0.5) is 0 Å². The molecule has 0 unspecified atom stereocenters. The Bertz CT molecular complexity index is 403. The largest absolute Gasteiger partial charge is 0.304 e. The number of fused-ring (bicyclic) bond motifs is 1. The molecule has 0 atom stereocenters. The quantitative estimate of drug-likeness (QED) is 0.636. The minimum Gasteiger partial charge on any atom is -0.304 e. The average molecular weight is 161 g/mol. The summed E-state index contributed by atoms with van der Waals surface area (Å²) < 4.78 is 2.02. The predicted molar refractivity (Wildman–Crippen MR) is 47.1 cm³/mol. The van der Waals surface area contributed by atoms with Gasteiger partial charge in [-0.1, -0.05) is 6.92 Å². The van der Waals surface area contributed by atoms with Crippen LogP contribution in [0.25, 0.3) is 5.65 Å². The second-order valence-electron chi connectivity index (χ2n) is 2.88. The fourth-order valence-electron chi connectivity index (χ4n) is 1.25. The molecule has 2 aromatic heterocycles. The standard InChI is InChI=1S/C9H11N3/c1-3-8-6-12-5-7(2)11-9(12)4-10-8/h4-6H,3H2,1-2H3. The maximum absolute atomic E-state index is 4.29. The molecule has 2 rings (SSSR count). The Morgan fingerprint density at radius 1 is 1.42 bits per heavy atom. The minimum atomic E-state index is 0.921. The molecule has 0 saturated heterocycles. The van der Waals surface area contributed by atoms with Crippen LogP contribution in [0.3, 0.4) is 0 Å². The van der Waals surface area contributed by atoms with E-state index >= 15 is 0 Å². The Morgan fingerprint density at radius 3 is 3.00 bits per heavy atom. The predicted octanol–water partition coefficient (Wildman–Crippen LogP) is 1.60. The Labute approximate surface area is 71.1 Å². The molecular weight excluding hydrogens is 150 g/mol. The van der Waals surface area contributed by atoms with Crippen molar-refractivity contribution in [2.24, 2.45) is 0 Å². The molecule has 0 bridgehead atoms. The van der Waals surface area contributed by atoms with E-state index in [4.69, 9.17) is 0 Å². The van der Waals surface area contributed by atoms with Crippen molar-refractivity contribution in [2.45, 2.75) is 20.3 Å². The summed E-state index contributed by atoms with van der Waals surface area (Å²) in [5, 5.41) is 0. The normalized spacial score (nSPS) is 10.8. The lowest BCUT2D eigenvalue weighted by Gasteiger charge is -1.95. The zero-order valence-electron chi connectivity index (χ0n) is 7.28. The molecule has 12 heavy (non-hydrogen) atoms. The zero-order chi connectivity index (χ0) is 8.55. The first-order valence-electron chi connectivity index (χ1n) is 4.10. The van der Waals surface area contributed by atoms with Gasteiger partial charge in [0, 0.05) is 12.4 Å². The second-order valence-corrected chi connectivity index (χ2v) is 2.88. The summed E-state index contributed by atoms with van der Waals surface area (Å²) >= 11 is 0. The fraction of sp³-hybridized carbons (Fsp3) is 0.333. The van der Waals surface area contributed by atoms with Crippen molar-refractivity contribution in [3.05, 3.63) is 30.0 Å². The van der Waals surface area contributed by atoms with Crippen molar-refractivity contribution in [1.82, 2.24) is 14.4 Å². The van der Waals surface area contributed by atoms with Gasteiger partial charge in [-0.2, -0.15) is 0 Å². The monoisotopic (exact) mass is 161 g/mol. The third kappa shape index (κ3) is 1.07. The molecule has 0 aliphatic rings. The van der Waals surface area contributed by atoms with E-state index in [9.17, 15) is 0 Å². The summed E-state index contributed by atoms with van der Waals surface area (Å²) in [7, 11) is 0. The third-order valence-corrected chi connectivity index (χ3v) is 1.88. The van der Waals surface area contributed by atoms with Crippen LogP contribution in [0, 0.1) is 6.92 Å². The molecule has 3 heteroatoms. The summed E-state index contributed by atoms with van der Waals surface area (Å²) in [5.74, 6) is 0. The second kappa shape index (κ2) is 2.59. The molecule has 2 heterocycles. The Morgan fingerprint density at radius 2 is 2.25 bits per heavy atom. The molecule has 0 spiro atoms. The highest BCUT2D eigenvalue weighted by Gasteiger charge is 1.97. The lowest BCUT2D eigenvalue weighted by atomic mass is 10.3.